The predicted molar refractivity (Wildman–Crippen MR) is 68.3 cm³/mol. The molecule has 1 aromatic rings. The maximum atomic E-state index is 11.4. The van der Waals surface area contributed by atoms with E-state index in [0.717, 1.165) is 0 Å². The number of halogens is 1. The maximum absolute atomic E-state index is 11.4. The molecule has 0 radical (unpaired) electrons. The third-order valence-electron chi connectivity index (χ3n) is 1.96. The molecule has 1 rings (SSSR count). The van der Waals surface area contributed by atoms with Crippen LogP contribution in [0.3, 0.4) is 0 Å². The molecule has 0 aliphatic heterocycles. The number of carboxylic acids is 1. The van der Waals surface area contributed by atoms with Crippen LogP contribution in [0.2, 0.25) is 0 Å². The Kier molecular flexibility index (Phi) is 5.11. The summed E-state index contributed by atoms with van der Waals surface area (Å²) in [5, 5.41) is 14.4. The van der Waals surface area contributed by atoms with E-state index >= 15 is 0 Å². The molecule has 0 spiro atoms. The number of benzene rings is 1. The van der Waals surface area contributed by atoms with Crippen LogP contribution in [0, 0.1) is 0 Å². The average molecular weight is 301 g/mol. The van der Waals surface area contributed by atoms with Crippen LogP contribution in [0.5, 0.6) is 0 Å². The second-order valence-corrected chi connectivity index (χ2v) is 4.28. The standard InChI is InChI=1S/C11H13BrN2O3/c1-2-13-6-10(15)14-9-4-7(11(16)17)3-8(12)5-9/h3-5,13H,2,6H2,1H3,(H,14,15)(H,16,17). The van der Waals surface area contributed by atoms with Gasteiger partial charge in [0.25, 0.3) is 0 Å². The quantitative estimate of drug-likeness (QED) is 0.773. The van der Waals surface area contributed by atoms with Crippen LogP contribution in [0.4, 0.5) is 5.69 Å². The summed E-state index contributed by atoms with van der Waals surface area (Å²) in [4.78, 5) is 22.2. The Bertz CT molecular complexity index is 435. The Balaban J connectivity index is 2.77. The first-order valence-electron chi connectivity index (χ1n) is 5.07. The van der Waals surface area contributed by atoms with Crippen LogP contribution in [-0.4, -0.2) is 30.1 Å². The van der Waals surface area contributed by atoms with Crippen LogP contribution in [0.1, 0.15) is 17.3 Å². The number of hydrogen-bond donors (Lipinski definition) is 3. The normalized spacial score (nSPS) is 10.0. The van der Waals surface area contributed by atoms with E-state index < -0.39 is 5.97 Å². The highest BCUT2D eigenvalue weighted by Crippen LogP contribution is 2.19. The molecular formula is C11H13BrN2O3. The Labute approximate surface area is 107 Å². The molecule has 5 nitrogen and oxygen atoms in total. The van der Waals surface area contributed by atoms with Gasteiger partial charge in [-0.05, 0) is 24.7 Å². The van der Waals surface area contributed by atoms with Crippen molar-refractivity contribution in [1.29, 1.82) is 0 Å². The number of rotatable bonds is 5. The van der Waals surface area contributed by atoms with Gasteiger partial charge in [-0.25, -0.2) is 4.79 Å². The van der Waals surface area contributed by atoms with E-state index in [9.17, 15) is 9.59 Å². The lowest BCUT2D eigenvalue weighted by Crippen LogP contribution is -2.27. The summed E-state index contributed by atoms with van der Waals surface area (Å²) in [6.07, 6.45) is 0. The van der Waals surface area contributed by atoms with Crippen LogP contribution < -0.4 is 10.6 Å². The van der Waals surface area contributed by atoms with Crippen molar-refractivity contribution in [3.8, 4) is 0 Å². The number of likely N-dealkylation sites (N-methyl/N-ethyl adjacent to an activating group) is 1. The number of anilines is 1. The maximum Gasteiger partial charge on any atom is 0.335 e. The predicted octanol–water partition coefficient (Wildman–Crippen LogP) is 1.70. The van der Waals surface area contributed by atoms with Crippen molar-refractivity contribution in [2.75, 3.05) is 18.4 Å². The Morgan fingerprint density at radius 3 is 2.65 bits per heavy atom. The first-order valence-corrected chi connectivity index (χ1v) is 5.86. The monoisotopic (exact) mass is 300 g/mol. The molecule has 0 unspecified atom stereocenters. The Morgan fingerprint density at radius 1 is 1.35 bits per heavy atom. The molecule has 1 amide bonds. The highest BCUT2D eigenvalue weighted by Gasteiger charge is 2.08. The van der Waals surface area contributed by atoms with Crippen molar-refractivity contribution in [2.24, 2.45) is 0 Å². The van der Waals surface area contributed by atoms with E-state index in [-0.39, 0.29) is 18.0 Å². The van der Waals surface area contributed by atoms with E-state index in [4.69, 9.17) is 5.11 Å². The Morgan fingerprint density at radius 2 is 2.06 bits per heavy atom. The number of amides is 1. The summed E-state index contributed by atoms with van der Waals surface area (Å²) in [7, 11) is 0. The molecule has 92 valence electrons. The number of nitrogens with one attached hydrogen (secondary N) is 2. The topological polar surface area (TPSA) is 78.4 Å². The second kappa shape index (κ2) is 6.36. The van der Waals surface area contributed by atoms with Crippen molar-refractivity contribution in [1.82, 2.24) is 5.32 Å². The lowest BCUT2D eigenvalue weighted by Gasteiger charge is -2.07. The summed E-state index contributed by atoms with van der Waals surface area (Å²) >= 11 is 3.19. The summed E-state index contributed by atoms with van der Waals surface area (Å²) in [5.41, 5.74) is 0.581. The largest absolute Gasteiger partial charge is 0.478 e. The molecule has 17 heavy (non-hydrogen) atoms. The summed E-state index contributed by atoms with van der Waals surface area (Å²) < 4.78 is 0.608. The fourth-order valence-corrected chi connectivity index (χ4v) is 1.72. The number of aromatic carboxylic acids is 1. The molecule has 0 atom stereocenters. The second-order valence-electron chi connectivity index (χ2n) is 3.36. The van der Waals surface area contributed by atoms with Gasteiger partial charge in [-0.1, -0.05) is 22.9 Å². The molecule has 0 saturated carbocycles. The lowest BCUT2D eigenvalue weighted by molar-refractivity contribution is -0.115. The van der Waals surface area contributed by atoms with E-state index in [2.05, 4.69) is 26.6 Å². The minimum Gasteiger partial charge on any atom is -0.478 e. The molecule has 3 N–H and O–H groups in total. The third kappa shape index (κ3) is 4.54. The Hall–Kier alpha value is -1.40. The molecule has 0 bridgehead atoms. The number of carbonyl (C=O) groups is 2. The van der Waals surface area contributed by atoms with Crippen LogP contribution in [-0.2, 0) is 4.79 Å². The minimum absolute atomic E-state index is 0.123. The first-order chi connectivity index (χ1) is 8.02. The number of carbonyl (C=O) groups excluding carboxylic acids is 1. The fourth-order valence-electron chi connectivity index (χ4n) is 1.23. The molecule has 0 fully saturated rings. The average Bonchev–Trinajstić information content (AvgIpc) is 2.25. The molecule has 0 heterocycles. The molecule has 0 saturated heterocycles. The number of hydrogen-bond acceptors (Lipinski definition) is 3. The zero-order valence-corrected chi connectivity index (χ0v) is 10.9. The highest BCUT2D eigenvalue weighted by molar-refractivity contribution is 9.10. The van der Waals surface area contributed by atoms with E-state index in [1.165, 1.54) is 12.1 Å². The molecule has 6 heteroatoms. The van der Waals surface area contributed by atoms with E-state index in [0.29, 0.717) is 16.7 Å². The zero-order chi connectivity index (χ0) is 12.8. The summed E-state index contributed by atoms with van der Waals surface area (Å²) in [6, 6.07) is 4.54. The van der Waals surface area contributed by atoms with Gasteiger partial charge in [0.05, 0.1) is 12.1 Å². The van der Waals surface area contributed by atoms with Crippen molar-refractivity contribution in [2.45, 2.75) is 6.92 Å². The van der Waals surface area contributed by atoms with Crippen molar-refractivity contribution >= 4 is 33.5 Å². The molecule has 1 aromatic carbocycles. The smallest absolute Gasteiger partial charge is 0.335 e. The first kappa shape index (κ1) is 13.7. The van der Waals surface area contributed by atoms with Gasteiger partial charge in [0.15, 0.2) is 0 Å². The van der Waals surface area contributed by atoms with Gasteiger partial charge in [-0.15, -0.1) is 0 Å². The van der Waals surface area contributed by atoms with Crippen LogP contribution >= 0.6 is 15.9 Å². The summed E-state index contributed by atoms with van der Waals surface area (Å²) in [6.45, 7) is 2.80. The van der Waals surface area contributed by atoms with Gasteiger partial charge < -0.3 is 15.7 Å². The van der Waals surface area contributed by atoms with Gasteiger partial charge in [0.2, 0.25) is 5.91 Å². The molecule has 0 aliphatic rings. The minimum atomic E-state index is -1.03. The fraction of sp³-hybridized carbons (Fsp3) is 0.273. The third-order valence-corrected chi connectivity index (χ3v) is 2.42. The summed E-state index contributed by atoms with van der Waals surface area (Å²) in [5.74, 6) is -1.24. The van der Waals surface area contributed by atoms with E-state index in [1.807, 2.05) is 6.92 Å². The lowest BCUT2D eigenvalue weighted by atomic mass is 10.2. The van der Waals surface area contributed by atoms with Gasteiger partial charge in [-0.2, -0.15) is 0 Å². The van der Waals surface area contributed by atoms with Crippen molar-refractivity contribution < 1.29 is 14.7 Å². The molecule has 0 aromatic heterocycles. The van der Waals surface area contributed by atoms with Gasteiger partial charge in [0, 0.05) is 10.2 Å². The SMILES string of the molecule is CCNCC(=O)Nc1cc(Br)cc(C(=O)O)c1. The van der Waals surface area contributed by atoms with Crippen LogP contribution in [0.25, 0.3) is 0 Å². The van der Waals surface area contributed by atoms with Crippen LogP contribution in [0.15, 0.2) is 22.7 Å². The van der Waals surface area contributed by atoms with Crippen molar-refractivity contribution in [3.63, 3.8) is 0 Å². The number of carboxylic acid groups (broad SMARTS) is 1. The van der Waals surface area contributed by atoms with Gasteiger partial charge >= 0.3 is 5.97 Å². The van der Waals surface area contributed by atoms with Gasteiger partial charge in [0.1, 0.15) is 0 Å². The zero-order valence-electron chi connectivity index (χ0n) is 9.29. The highest BCUT2D eigenvalue weighted by atomic mass is 79.9. The van der Waals surface area contributed by atoms with Crippen molar-refractivity contribution in [3.05, 3.63) is 28.2 Å². The molecule has 0 aliphatic carbocycles. The molecular weight excluding hydrogens is 288 g/mol. The van der Waals surface area contributed by atoms with E-state index in [1.54, 1.807) is 6.07 Å². The van der Waals surface area contributed by atoms with Gasteiger partial charge in [-0.3, -0.25) is 4.79 Å².